The van der Waals surface area contributed by atoms with Crippen molar-refractivity contribution in [2.24, 2.45) is 34.5 Å². The summed E-state index contributed by atoms with van der Waals surface area (Å²) in [4.78, 5) is 38.5. The molecule has 3 fully saturated rings. The van der Waals surface area contributed by atoms with Crippen molar-refractivity contribution in [3.05, 3.63) is 35.9 Å². The molecule has 1 aliphatic heterocycles. The highest BCUT2D eigenvalue weighted by molar-refractivity contribution is 6.03. The summed E-state index contributed by atoms with van der Waals surface area (Å²) in [5.74, 6) is -2.22. The summed E-state index contributed by atoms with van der Waals surface area (Å²) in [5, 5.41) is 0. The van der Waals surface area contributed by atoms with E-state index in [2.05, 4.69) is 13.8 Å². The maximum Gasteiger partial charge on any atom is 0.316 e. The highest BCUT2D eigenvalue weighted by Gasteiger charge is 2.69. The Morgan fingerprint density at radius 3 is 2.67 bits per heavy atom. The summed E-state index contributed by atoms with van der Waals surface area (Å²) in [6.07, 6.45) is 1.59. The molecule has 4 rings (SSSR count). The lowest BCUT2D eigenvalue weighted by Gasteiger charge is -2.59. The van der Waals surface area contributed by atoms with E-state index in [0.29, 0.717) is 19.6 Å². The Morgan fingerprint density at radius 2 is 1.97 bits per heavy atom. The summed E-state index contributed by atoms with van der Waals surface area (Å²) in [5.41, 5.74) is -0.206. The lowest BCUT2D eigenvalue weighted by Crippen LogP contribution is -2.63. The molecule has 30 heavy (non-hydrogen) atoms. The van der Waals surface area contributed by atoms with Crippen LogP contribution in [0.2, 0.25) is 0 Å². The number of esters is 2. The SMILES string of the molecule is COC(=O)[C@@]12CC[C@H](C)[C@](C)(COCc3ccccc3)[C@@H]1CC(=O)[C@@H]1C(=O)OC[C@H]12. The van der Waals surface area contributed by atoms with Crippen molar-refractivity contribution in [2.75, 3.05) is 20.3 Å². The van der Waals surface area contributed by atoms with Crippen LogP contribution in [0, 0.1) is 34.5 Å². The quantitative estimate of drug-likeness (QED) is 0.544. The average Bonchev–Trinajstić information content (AvgIpc) is 3.15. The Balaban J connectivity index is 1.66. The number of cyclic esters (lactones) is 1. The second kappa shape index (κ2) is 7.80. The van der Waals surface area contributed by atoms with E-state index in [1.165, 1.54) is 7.11 Å². The van der Waals surface area contributed by atoms with Gasteiger partial charge in [-0.25, -0.2) is 0 Å². The molecule has 3 aliphatic rings. The molecular formula is C24H30O6. The molecule has 0 N–H and O–H groups in total. The number of carbonyl (C=O) groups excluding carboxylic acids is 3. The molecule has 1 heterocycles. The van der Waals surface area contributed by atoms with Gasteiger partial charge in [0, 0.05) is 12.3 Å². The van der Waals surface area contributed by atoms with E-state index in [1.54, 1.807) is 0 Å². The Bertz CT molecular complexity index is 835. The van der Waals surface area contributed by atoms with Crippen LogP contribution in [0.15, 0.2) is 30.3 Å². The highest BCUT2D eigenvalue weighted by atomic mass is 16.5. The lowest BCUT2D eigenvalue weighted by atomic mass is 9.43. The van der Waals surface area contributed by atoms with Crippen LogP contribution in [0.25, 0.3) is 0 Å². The van der Waals surface area contributed by atoms with E-state index >= 15 is 0 Å². The Morgan fingerprint density at radius 1 is 1.23 bits per heavy atom. The van der Waals surface area contributed by atoms with Crippen LogP contribution < -0.4 is 0 Å². The fraction of sp³-hybridized carbons (Fsp3) is 0.625. The van der Waals surface area contributed by atoms with Crippen molar-refractivity contribution in [1.82, 2.24) is 0 Å². The molecule has 1 saturated heterocycles. The van der Waals surface area contributed by atoms with Crippen molar-refractivity contribution in [3.8, 4) is 0 Å². The van der Waals surface area contributed by atoms with Crippen molar-refractivity contribution >= 4 is 17.7 Å². The first kappa shape index (κ1) is 21.0. The van der Waals surface area contributed by atoms with Gasteiger partial charge in [0.2, 0.25) is 0 Å². The normalized spacial score (nSPS) is 37.8. The summed E-state index contributed by atoms with van der Waals surface area (Å²) in [7, 11) is 1.39. The predicted molar refractivity (Wildman–Crippen MR) is 108 cm³/mol. The van der Waals surface area contributed by atoms with Crippen LogP contribution in [-0.2, 0) is 35.2 Å². The van der Waals surface area contributed by atoms with Gasteiger partial charge in [0.05, 0.1) is 32.3 Å². The number of fused-ring (bicyclic) bond motifs is 3. The summed E-state index contributed by atoms with van der Waals surface area (Å²) in [6, 6.07) is 9.95. The molecular weight excluding hydrogens is 384 g/mol. The third-order valence-corrected chi connectivity index (χ3v) is 8.10. The average molecular weight is 414 g/mol. The minimum absolute atomic E-state index is 0.107. The van der Waals surface area contributed by atoms with Crippen LogP contribution in [0.1, 0.15) is 38.7 Å². The van der Waals surface area contributed by atoms with Gasteiger partial charge in [-0.2, -0.15) is 0 Å². The molecule has 1 aromatic rings. The van der Waals surface area contributed by atoms with Gasteiger partial charge in [0.1, 0.15) is 11.7 Å². The van der Waals surface area contributed by atoms with E-state index < -0.39 is 28.6 Å². The second-order valence-corrected chi connectivity index (χ2v) is 9.39. The second-order valence-electron chi connectivity index (χ2n) is 9.39. The predicted octanol–water partition coefficient (Wildman–Crippen LogP) is 3.18. The largest absolute Gasteiger partial charge is 0.469 e. The molecule has 0 radical (unpaired) electrons. The molecule has 0 aromatic heterocycles. The molecule has 2 saturated carbocycles. The molecule has 6 nitrogen and oxygen atoms in total. The van der Waals surface area contributed by atoms with Crippen LogP contribution >= 0.6 is 0 Å². The monoisotopic (exact) mass is 414 g/mol. The number of ether oxygens (including phenoxy) is 3. The zero-order chi connectivity index (χ0) is 21.5. The van der Waals surface area contributed by atoms with E-state index in [-0.39, 0.29) is 36.6 Å². The zero-order valence-electron chi connectivity index (χ0n) is 17.9. The fourth-order valence-corrected chi connectivity index (χ4v) is 6.19. The van der Waals surface area contributed by atoms with E-state index in [0.717, 1.165) is 12.0 Å². The Hall–Kier alpha value is -2.21. The van der Waals surface area contributed by atoms with Gasteiger partial charge in [0.15, 0.2) is 0 Å². The number of hydrogen-bond acceptors (Lipinski definition) is 6. The smallest absolute Gasteiger partial charge is 0.316 e. The lowest BCUT2D eigenvalue weighted by molar-refractivity contribution is -0.194. The maximum atomic E-state index is 13.2. The van der Waals surface area contributed by atoms with Gasteiger partial charge in [0.25, 0.3) is 0 Å². The molecule has 0 spiro atoms. The minimum Gasteiger partial charge on any atom is -0.469 e. The highest BCUT2D eigenvalue weighted by Crippen LogP contribution is 2.64. The van der Waals surface area contributed by atoms with Crippen molar-refractivity contribution in [2.45, 2.75) is 39.7 Å². The van der Waals surface area contributed by atoms with Crippen LogP contribution in [0.5, 0.6) is 0 Å². The summed E-state index contributed by atoms with van der Waals surface area (Å²) in [6.45, 7) is 5.31. The van der Waals surface area contributed by atoms with Crippen molar-refractivity contribution in [3.63, 3.8) is 0 Å². The molecule has 162 valence electrons. The summed E-state index contributed by atoms with van der Waals surface area (Å²) < 4.78 is 16.7. The van der Waals surface area contributed by atoms with Gasteiger partial charge in [-0.3, -0.25) is 14.4 Å². The third-order valence-electron chi connectivity index (χ3n) is 8.10. The maximum absolute atomic E-state index is 13.2. The van der Waals surface area contributed by atoms with Crippen LogP contribution in [-0.4, -0.2) is 38.0 Å². The van der Waals surface area contributed by atoms with Gasteiger partial charge in [-0.15, -0.1) is 0 Å². The molecule has 1 aromatic carbocycles. The number of carbonyl (C=O) groups is 3. The van der Waals surface area contributed by atoms with Crippen molar-refractivity contribution in [1.29, 1.82) is 0 Å². The molecule has 0 unspecified atom stereocenters. The topological polar surface area (TPSA) is 78.9 Å². The first-order chi connectivity index (χ1) is 14.3. The van der Waals surface area contributed by atoms with E-state index in [4.69, 9.17) is 14.2 Å². The molecule has 2 aliphatic carbocycles. The number of ketones is 1. The number of hydrogen-bond donors (Lipinski definition) is 0. The van der Waals surface area contributed by atoms with Gasteiger partial charge in [-0.1, -0.05) is 44.2 Å². The number of rotatable bonds is 5. The summed E-state index contributed by atoms with van der Waals surface area (Å²) >= 11 is 0. The van der Waals surface area contributed by atoms with Gasteiger partial charge >= 0.3 is 11.9 Å². The molecule has 0 bridgehead atoms. The number of benzene rings is 1. The van der Waals surface area contributed by atoms with Gasteiger partial charge < -0.3 is 14.2 Å². The van der Waals surface area contributed by atoms with Crippen LogP contribution in [0.3, 0.4) is 0 Å². The Kier molecular flexibility index (Phi) is 5.47. The number of methoxy groups -OCH3 is 1. The molecule has 0 amide bonds. The fourth-order valence-electron chi connectivity index (χ4n) is 6.19. The van der Waals surface area contributed by atoms with E-state index in [9.17, 15) is 14.4 Å². The van der Waals surface area contributed by atoms with Crippen molar-refractivity contribution < 1.29 is 28.6 Å². The van der Waals surface area contributed by atoms with Gasteiger partial charge in [-0.05, 0) is 35.7 Å². The standard InChI is InChI=1S/C24H30O6/c1-15-9-10-24(22(27)28-3)17-13-30-21(26)20(17)18(25)11-19(24)23(15,2)14-29-12-16-7-5-4-6-8-16/h4-8,15,17,19-20H,9-14H2,1-3H3/t15-,17+,19-,20+,23-,24+/m0/s1. The minimum atomic E-state index is -0.892. The Labute approximate surface area is 177 Å². The zero-order valence-corrected chi connectivity index (χ0v) is 17.9. The van der Waals surface area contributed by atoms with Crippen LogP contribution in [0.4, 0.5) is 0 Å². The first-order valence-electron chi connectivity index (χ1n) is 10.7. The molecule has 6 heteroatoms. The third kappa shape index (κ3) is 3.08. The number of Topliss-reactive ketones (excluding diaryl/α,β-unsaturated/α-hetero) is 1. The first-order valence-corrected chi connectivity index (χ1v) is 10.7. The van der Waals surface area contributed by atoms with E-state index in [1.807, 2.05) is 30.3 Å². The molecule has 6 atom stereocenters.